The summed E-state index contributed by atoms with van der Waals surface area (Å²) in [7, 11) is 0. The summed E-state index contributed by atoms with van der Waals surface area (Å²) in [5, 5.41) is 2.68. The third-order valence-corrected chi connectivity index (χ3v) is 3.27. The zero-order valence-corrected chi connectivity index (χ0v) is 11.2. The molecule has 1 aromatic rings. The van der Waals surface area contributed by atoms with Gasteiger partial charge in [0.15, 0.2) is 0 Å². The van der Waals surface area contributed by atoms with Gasteiger partial charge < -0.3 is 5.32 Å². The molecular weight excluding hydrogens is 306 g/mol. The van der Waals surface area contributed by atoms with Gasteiger partial charge in [0, 0.05) is 23.1 Å². The van der Waals surface area contributed by atoms with Crippen molar-refractivity contribution in [1.82, 2.24) is 4.90 Å². The Hall–Kier alpha value is -1.01. The van der Waals surface area contributed by atoms with Crippen LogP contribution in [0.4, 0.5) is 14.5 Å². The maximum Gasteiger partial charge on any atom is 0.261 e. The van der Waals surface area contributed by atoms with Crippen molar-refractivity contribution in [3.63, 3.8) is 0 Å². The molecule has 1 aromatic carbocycles. The molecule has 1 heterocycles. The molecule has 1 fully saturated rings. The number of carbonyl (C=O) groups excluding carboxylic acids is 1. The monoisotopic (exact) mass is 318 g/mol. The zero-order chi connectivity index (χ0) is 13.2. The lowest BCUT2D eigenvalue weighted by atomic mass is 10.3. The predicted molar refractivity (Wildman–Crippen MR) is 68.8 cm³/mol. The quantitative estimate of drug-likeness (QED) is 0.929. The van der Waals surface area contributed by atoms with E-state index < -0.39 is 5.92 Å². The van der Waals surface area contributed by atoms with E-state index in [9.17, 15) is 13.6 Å². The lowest BCUT2D eigenvalue weighted by Gasteiger charge is -2.15. The molecule has 2 rings (SSSR count). The fourth-order valence-corrected chi connectivity index (χ4v) is 2.14. The molecule has 18 heavy (non-hydrogen) atoms. The summed E-state index contributed by atoms with van der Waals surface area (Å²) < 4.78 is 26.8. The number of nitrogens with zero attached hydrogens (tertiary/aromatic N) is 1. The highest BCUT2D eigenvalue weighted by atomic mass is 79.9. The van der Waals surface area contributed by atoms with Gasteiger partial charge in [0.05, 0.1) is 13.1 Å². The van der Waals surface area contributed by atoms with E-state index in [0.717, 1.165) is 4.47 Å². The summed E-state index contributed by atoms with van der Waals surface area (Å²) in [6, 6.07) is 7.11. The van der Waals surface area contributed by atoms with Gasteiger partial charge in [-0.1, -0.05) is 15.9 Å². The number of rotatable bonds is 3. The van der Waals surface area contributed by atoms with Crippen LogP contribution in [-0.2, 0) is 4.79 Å². The van der Waals surface area contributed by atoms with Gasteiger partial charge in [-0.15, -0.1) is 0 Å². The molecule has 1 amide bonds. The molecule has 1 aliphatic rings. The second-order valence-electron chi connectivity index (χ2n) is 4.37. The second kappa shape index (κ2) is 5.32. The molecule has 3 nitrogen and oxygen atoms in total. The van der Waals surface area contributed by atoms with E-state index in [1.54, 1.807) is 24.3 Å². The summed E-state index contributed by atoms with van der Waals surface area (Å²) in [5.74, 6) is -2.92. The van der Waals surface area contributed by atoms with Crippen LogP contribution in [0.1, 0.15) is 6.42 Å². The van der Waals surface area contributed by atoms with E-state index in [1.165, 1.54) is 4.90 Å². The fraction of sp³-hybridized carbons (Fsp3) is 0.417. The van der Waals surface area contributed by atoms with Crippen LogP contribution in [0.2, 0.25) is 0 Å². The summed E-state index contributed by atoms with van der Waals surface area (Å²) in [6.45, 7) is -0.0623. The Morgan fingerprint density at radius 1 is 1.39 bits per heavy atom. The smallest absolute Gasteiger partial charge is 0.261 e. The highest BCUT2D eigenvalue weighted by Gasteiger charge is 2.38. The first-order valence-corrected chi connectivity index (χ1v) is 6.39. The lowest BCUT2D eigenvalue weighted by molar-refractivity contribution is -0.117. The number of alkyl halides is 2. The highest BCUT2D eigenvalue weighted by Crippen LogP contribution is 2.26. The number of hydrogen-bond acceptors (Lipinski definition) is 2. The number of nitrogens with one attached hydrogen (secondary N) is 1. The zero-order valence-electron chi connectivity index (χ0n) is 9.63. The van der Waals surface area contributed by atoms with Crippen LogP contribution in [0, 0.1) is 0 Å². The third-order valence-electron chi connectivity index (χ3n) is 2.74. The predicted octanol–water partition coefficient (Wildman–Crippen LogP) is 2.73. The molecular formula is C12H13BrF2N2O. The van der Waals surface area contributed by atoms with Gasteiger partial charge in [-0.25, -0.2) is 8.78 Å². The minimum absolute atomic E-state index is 0.00561. The topological polar surface area (TPSA) is 32.3 Å². The molecule has 0 radical (unpaired) electrons. The average Bonchev–Trinajstić information content (AvgIpc) is 2.61. The van der Waals surface area contributed by atoms with Crippen molar-refractivity contribution >= 4 is 27.5 Å². The summed E-state index contributed by atoms with van der Waals surface area (Å²) in [4.78, 5) is 13.1. The van der Waals surface area contributed by atoms with Crippen molar-refractivity contribution < 1.29 is 13.6 Å². The van der Waals surface area contributed by atoms with Gasteiger partial charge in [-0.3, -0.25) is 9.69 Å². The molecule has 0 aliphatic carbocycles. The Bertz CT molecular complexity index is 436. The Balaban J connectivity index is 1.84. The first-order chi connectivity index (χ1) is 8.44. The maximum atomic E-state index is 12.9. The van der Waals surface area contributed by atoms with E-state index >= 15 is 0 Å². The number of anilines is 1. The average molecular weight is 319 g/mol. The van der Waals surface area contributed by atoms with Crippen molar-refractivity contribution in [3.05, 3.63) is 28.7 Å². The van der Waals surface area contributed by atoms with E-state index in [0.29, 0.717) is 5.69 Å². The van der Waals surface area contributed by atoms with Crippen molar-refractivity contribution in [2.24, 2.45) is 0 Å². The maximum absolute atomic E-state index is 12.9. The summed E-state index contributed by atoms with van der Waals surface area (Å²) in [5.41, 5.74) is 0.661. The number of amides is 1. The van der Waals surface area contributed by atoms with E-state index in [1.807, 2.05) is 0 Å². The van der Waals surface area contributed by atoms with Crippen molar-refractivity contribution in [2.45, 2.75) is 12.3 Å². The molecule has 6 heteroatoms. The Morgan fingerprint density at radius 2 is 2.06 bits per heavy atom. The van der Waals surface area contributed by atoms with Crippen LogP contribution < -0.4 is 5.32 Å². The van der Waals surface area contributed by atoms with Gasteiger partial charge in [0.2, 0.25) is 5.91 Å². The molecule has 0 spiro atoms. The molecule has 98 valence electrons. The van der Waals surface area contributed by atoms with Crippen LogP contribution in [0.15, 0.2) is 28.7 Å². The fourth-order valence-electron chi connectivity index (χ4n) is 1.88. The molecule has 0 saturated carbocycles. The lowest BCUT2D eigenvalue weighted by Crippen LogP contribution is -2.33. The van der Waals surface area contributed by atoms with Gasteiger partial charge >= 0.3 is 0 Å². The first kappa shape index (κ1) is 13.4. The Morgan fingerprint density at radius 3 is 2.61 bits per heavy atom. The number of hydrogen-bond donors (Lipinski definition) is 1. The molecule has 0 aromatic heterocycles. The van der Waals surface area contributed by atoms with E-state index in [4.69, 9.17) is 0 Å². The van der Waals surface area contributed by atoms with Gasteiger partial charge in [0.25, 0.3) is 5.92 Å². The highest BCUT2D eigenvalue weighted by molar-refractivity contribution is 9.10. The number of benzene rings is 1. The largest absolute Gasteiger partial charge is 0.325 e. The van der Waals surface area contributed by atoms with Gasteiger partial charge in [-0.2, -0.15) is 0 Å². The van der Waals surface area contributed by atoms with Crippen molar-refractivity contribution in [1.29, 1.82) is 0 Å². The van der Waals surface area contributed by atoms with E-state index in [2.05, 4.69) is 21.2 Å². The number of halogens is 3. The second-order valence-corrected chi connectivity index (χ2v) is 5.29. The van der Waals surface area contributed by atoms with Crippen molar-refractivity contribution in [2.75, 3.05) is 25.0 Å². The van der Waals surface area contributed by atoms with Gasteiger partial charge in [-0.05, 0) is 24.3 Å². The van der Waals surface area contributed by atoms with Gasteiger partial charge in [0.1, 0.15) is 0 Å². The molecule has 1 N–H and O–H groups in total. The van der Waals surface area contributed by atoms with Crippen LogP contribution >= 0.6 is 15.9 Å². The molecule has 1 saturated heterocycles. The normalized spacial score (nSPS) is 18.8. The first-order valence-electron chi connectivity index (χ1n) is 5.60. The SMILES string of the molecule is O=C(CN1CCC(F)(F)C1)Nc1ccc(Br)cc1. The molecule has 1 aliphatic heterocycles. The van der Waals surface area contributed by atoms with E-state index in [-0.39, 0.29) is 32.0 Å². The Labute approximate surface area is 112 Å². The third kappa shape index (κ3) is 3.74. The Kier molecular flexibility index (Phi) is 3.97. The summed E-state index contributed by atoms with van der Waals surface area (Å²) >= 11 is 3.29. The molecule has 0 bridgehead atoms. The number of likely N-dealkylation sites (tertiary alicyclic amines) is 1. The molecule has 0 atom stereocenters. The standard InChI is InChI=1S/C12H13BrF2N2O/c13-9-1-3-10(4-2-9)16-11(18)7-17-6-5-12(14,15)8-17/h1-4H,5-8H2,(H,16,18). The summed E-state index contributed by atoms with van der Waals surface area (Å²) in [6.07, 6.45) is -0.168. The van der Waals surface area contributed by atoms with Crippen LogP contribution in [-0.4, -0.2) is 36.4 Å². The minimum atomic E-state index is -2.65. The molecule has 0 unspecified atom stereocenters. The van der Waals surface area contributed by atoms with Crippen molar-refractivity contribution in [3.8, 4) is 0 Å². The minimum Gasteiger partial charge on any atom is -0.325 e. The number of carbonyl (C=O) groups is 1. The van der Waals surface area contributed by atoms with Crippen LogP contribution in [0.25, 0.3) is 0 Å². The van der Waals surface area contributed by atoms with Crippen LogP contribution in [0.5, 0.6) is 0 Å². The van der Waals surface area contributed by atoms with Crippen LogP contribution in [0.3, 0.4) is 0 Å².